The second-order valence-electron chi connectivity index (χ2n) is 9.26. The van der Waals surface area contributed by atoms with Crippen LogP contribution in [0, 0.1) is 5.41 Å². The summed E-state index contributed by atoms with van der Waals surface area (Å²) in [4.78, 5) is 16.6. The van der Waals surface area contributed by atoms with E-state index in [1.54, 1.807) is 12.4 Å². The number of nitrogens with zero attached hydrogens (tertiary/aromatic N) is 4. The highest BCUT2D eigenvalue weighted by Crippen LogP contribution is 2.31. The van der Waals surface area contributed by atoms with Gasteiger partial charge in [-0.05, 0) is 36.1 Å². The van der Waals surface area contributed by atoms with Gasteiger partial charge < -0.3 is 10.3 Å². The second kappa shape index (κ2) is 7.60. The Bertz CT molecular complexity index is 1400. The summed E-state index contributed by atoms with van der Waals surface area (Å²) in [5, 5.41) is 13.1. The average molecular weight is 424 g/mol. The topological polar surface area (TPSA) is 95.2 Å². The number of rotatable bonds is 5. The van der Waals surface area contributed by atoms with Crippen molar-refractivity contribution < 1.29 is 0 Å². The van der Waals surface area contributed by atoms with Gasteiger partial charge in [0.25, 0.3) is 0 Å². The molecule has 5 heterocycles. The van der Waals surface area contributed by atoms with Gasteiger partial charge in [-0.25, -0.2) is 0 Å². The number of aromatic amines is 2. The van der Waals surface area contributed by atoms with Gasteiger partial charge in [0.15, 0.2) is 0 Å². The van der Waals surface area contributed by atoms with Gasteiger partial charge in [0, 0.05) is 34.4 Å². The molecular weight excluding hydrogens is 398 g/mol. The molecule has 5 aromatic rings. The number of aromatic nitrogens is 6. The van der Waals surface area contributed by atoms with E-state index in [0.29, 0.717) is 0 Å². The zero-order valence-corrected chi connectivity index (χ0v) is 18.4. The summed E-state index contributed by atoms with van der Waals surface area (Å²) >= 11 is 0. The average Bonchev–Trinajstić information content (AvgIpc) is 3.35. The Hall–Kier alpha value is -4.00. The molecule has 0 fully saturated rings. The SMILES string of the molecule is C=C(CC(C)(C)C)Nc1cncc(-c2cc3c(-c4cc5ccncc5[nH]4)n[nH]c3cn2)c1. The highest BCUT2D eigenvalue weighted by atomic mass is 15.1. The van der Waals surface area contributed by atoms with E-state index in [1.807, 2.05) is 36.8 Å². The molecule has 3 N–H and O–H groups in total. The number of pyridine rings is 3. The molecule has 0 bridgehead atoms. The lowest BCUT2D eigenvalue weighted by Gasteiger charge is -2.20. The maximum atomic E-state index is 4.62. The fourth-order valence-electron chi connectivity index (χ4n) is 3.92. The lowest BCUT2D eigenvalue weighted by molar-refractivity contribution is 0.411. The normalized spacial score (nSPS) is 11.8. The van der Waals surface area contributed by atoms with E-state index in [-0.39, 0.29) is 5.41 Å². The molecule has 5 rings (SSSR count). The molecule has 0 atom stereocenters. The molecular formula is C25H25N7. The molecule has 0 aliphatic heterocycles. The number of hydrogen-bond acceptors (Lipinski definition) is 5. The molecule has 0 spiro atoms. The van der Waals surface area contributed by atoms with E-state index in [9.17, 15) is 0 Å². The minimum atomic E-state index is 0.165. The van der Waals surface area contributed by atoms with E-state index in [1.165, 1.54) is 0 Å². The first kappa shape index (κ1) is 19.9. The van der Waals surface area contributed by atoms with Crippen LogP contribution in [0.15, 0.2) is 67.5 Å². The quantitative estimate of drug-likeness (QED) is 0.326. The van der Waals surface area contributed by atoms with E-state index in [4.69, 9.17) is 0 Å². The van der Waals surface area contributed by atoms with Crippen molar-refractivity contribution in [1.29, 1.82) is 0 Å². The van der Waals surface area contributed by atoms with Crippen molar-refractivity contribution in [2.45, 2.75) is 27.2 Å². The van der Waals surface area contributed by atoms with Crippen LogP contribution in [0.4, 0.5) is 5.69 Å². The molecule has 160 valence electrons. The third-order valence-electron chi connectivity index (χ3n) is 5.23. The van der Waals surface area contributed by atoms with Gasteiger partial charge in [0.1, 0.15) is 5.69 Å². The first-order valence-corrected chi connectivity index (χ1v) is 10.5. The maximum absolute atomic E-state index is 4.62. The monoisotopic (exact) mass is 423 g/mol. The molecule has 7 heteroatoms. The third-order valence-corrected chi connectivity index (χ3v) is 5.23. The molecule has 0 saturated carbocycles. The molecule has 0 aliphatic rings. The first-order chi connectivity index (χ1) is 15.4. The van der Waals surface area contributed by atoms with Crippen LogP contribution in [0.25, 0.3) is 44.5 Å². The van der Waals surface area contributed by atoms with Gasteiger partial charge >= 0.3 is 0 Å². The van der Waals surface area contributed by atoms with Crippen LogP contribution in [-0.2, 0) is 0 Å². The predicted octanol–water partition coefficient (Wildman–Crippen LogP) is 5.93. The van der Waals surface area contributed by atoms with E-state index >= 15 is 0 Å². The first-order valence-electron chi connectivity index (χ1n) is 10.5. The second-order valence-corrected chi connectivity index (χ2v) is 9.26. The van der Waals surface area contributed by atoms with E-state index < -0.39 is 0 Å². The lowest BCUT2D eigenvalue weighted by atomic mass is 9.91. The minimum Gasteiger partial charge on any atom is -0.358 e. The van der Waals surface area contributed by atoms with Crippen molar-refractivity contribution in [3.8, 4) is 22.6 Å². The molecule has 0 saturated heterocycles. The van der Waals surface area contributed by atoms with Crippen LogP contribution in [0.2, 0.25) is 0 Å². The van der Waals surface area contributed by atoms with Gasteiger partial charge in [-0.2, -0.15) is 5.10 Å². The Balaban J connectivity index is 1.49. The van der Waals surface area contributed by atoms with Crippen molar-refractivity contribution in [3.63, 3.8) is 0 Å². The number of fused-ring (bicyclic) bond motifs is 2. The Morgan fingerprint density at radius 3 is 2.72 bits per heavy atom. The van der Waals surface area contributed by atoms with Gasteiger partial charge in [0.2, 0.25) is 0 Å². The van der Waals surface area contributed by atoms with Crippen LogP contribution in [-0.4, -0.2) is 30.1 Å². The molecule has 0 amide bonds. The van der Waals surface area contributed by atoms with Crippen molar-refractivity contribution in [2.24, 2.45) is 5.41 Å². The van der Waals surface area contributed by atoms with Crippen LogP contribution < -0.4 is 5.32 Å². The predicted molar refractivity (Wildman–Crippen MR) is 129 cm³/mol. The summed E-state index contributed by atoms with van der Waals surface area (Å²) in [5.74, 6) is 0. The highest BCUT2D eigenvalue weighted by Gasteiger charge is 2.14. The van der Waals surface area contributed by atoms with E-state index in [2.05, 4.69) is 68.9 Å². The largest absolute Gasteiger partial charge is 0.358 e. The van der Waals surface area contributed by atoms with Gasteiger partial charge in [0.05, 0.1) is 46.7 Å². The Morgan fingerprint density at radius 2 is 1.91 bits per heavy atom. The number of hydrogen-bond donors (Lipinski definition) is 3. The minimum absolute atomic E-state index is 0.165. The third kappa shape index (κ3) is 3.97. The molecule has 0 unspecified atom stereocenters. The van der Waals surface area contributed by atoms with Gasteiger partial charge in [-0.15, -0.1) is 0 Å². The van der Waals surface area contributed by atoms with Crippen molar-refractivity contribution >= 4 is 27.5 Å². The summed E-state index contributed by atoms with van der Waals surface area (Å²) in [7, 11) is 0. The Kier molecular flexibility index (Phi) is 4.74. The van der Waals surface area contributed by atoms with Crippen LogP contribution in [0.1, 0.15) is 27.2 Å². The zero-order chi connectivity index (χ0) is 22.3. The molecule has 0 radical (unpaired) electrons. The lowest BCUT2D eigenvalue weighted by Crippen LogP contribution is -2.10. The van der Waals surface area contributed by atoms with Crippen molar-refractivity contribution in [2.75, 3.05) is 5.32 Å². The number of H-pyrrole nitrogens is 2. The van der Waals surface area contributed by atoms with Crippen LogP contribution in [0.3, 0.4) is 0 Å². The van der Waals surface area contributed by atoms with Crippen molar-refractivity contribution in [1.82, 2.24) is 30.1 Å². The Labute approximate surface area is 186 Å². The van der Waals surface area contributed by atoms with Gasteiger partial charge in [-0.3, -0.25) is 20.1 Å². The van der Waals surface area contributed by atoms with Gasteiger partial charge in [-0.1, -0.05) is 27.4 Å². The summed E-state index contributed by atoms with van der Waals surface area (Å²) in [6.07, 6.45) is 9.91. The molecule has 0 aliphatic carbocycles. The summed E-state index contributed by atoms with van der Waals surface area (Å²) in [5.41, 5.74) is 7.41. The fraction of sp³-hybridized carbons (Fsp3) is 0.200. The number of anilines is 1. The van der Waals surface area contributed by atoms with Crippen LogP contribution >= 0.6 is 0 Å². The molecule has 5 aromatic heterocycles. The molecule has 7 nitrogen and oxygen atoms in total. The van der Waals surface area contributed by atoms with E-state index in [0.717, 1.165) is 62.3 Å². The Morgan fingerprint density at radius 1 is 1.03 bits per heavy atom. The molecule has 0 aromatic carbocycles. The zero-order valence-electron chi connectivity index (χ0n) is 18.4. The summed E-state index contributed by atoms with van der Waals surface area (Å²) in [6, 6.07) is 8.15. The number of allylic oxidation sites excluding steroid dienone is 1. The molecule has 32 heavy (non-hydrogen) atoms. The smallest absolute Gasteiger partial charge is 0.116 e. The number of nitrogens with one attached hydrogen (secondary N) is 3. The van der Waals surface area contributed by atoms with Crippen LogP contribution in [0.5, 0.6) is 0 Å². The maximum Gasteiger partial charge on any atom is 0.116 e. The summed E-state index contributed by atoms with van der Waals surface area (Å²) in [6.45, 7) is 10.7. The standard InChI is InChI=1S/C25H25N7/c1-15(10-25(2,3)4)29-18-7-17(11-27-12-18)20-9-19-23(14-28-20)31-32-24(19)21-8-16-5-6-26-13-22(16)30-21/h5-9,11-14,29-30H,1,10H2,2-4H3,(H,31,32). The van der Waals surface area contributed by atoms with Crippen molar-refractivity contribution in [3.05, 3.63) is 67.5 Å². The summed E-state index contributed by atoms with van der Waals surface area (Å²) < 4.78 is 0. The fourth-order valence-corrected chi connectivity index (χ4v) is 3.92. The highest BCUT2D eigenvalue weighted by molar-refractivity contribution is 5.96.